The van der Waals surface area contributed by atoms with Crippen molar-refractivity contribution in [2.24, 2.45) is 11.8 Å². The number of carbonyl (C=O) groups excluding carboxylic acids is 2. The smallest absolute Gasteiger partial charge is 0.274 e. The van der Waals surface area contributed by atoms with Crippen LogP contribution >= 0.6 is 0 Å². The molecule has 0 spiro atoms. The van der Waals surface area contributed by atoms with E-state index in [9.17, 15) is 9.59 Å². The Balaban J connectivity index is 2.61. The van der Waals surface area contributed by atoms with Crippen molar-refractivity contribution < 1.29 is 9.59 Å². The van der Waals surface area contributed by atoms with Crippen LogP contribution in [0.1, 0.15) is 44.6 Å². The molecule has 1 heterocycles. The van der Waals surface area contributed by atoms with Crippen molar-refractivity contribution >= 4 is 11.8 Å². The van der Waals surface area contributed by atoms with Crippen LogP contribution in [-0.4, -0.2) is 46.3 Å². The zero-order chi connectivity index (χ0) is 16.5. The van der Waals surface area contributed by atoms with Gasteiger partial charge >= 0.3 is 0 Å². The summed E-state index contributed by atoms with van der Waals surface area (Å²) in [6, 6.07) is 0. The molecule has 0 fully saturated rings. The van der Waals surface area contributed by atoms with Gasteiger partial charge in [-0.2, -0.15) is 0 Å². The highest BCUT2D eigenvalue weighted by atomic mass is 16.2. The Kier molecular flexibility index (Phi) is 7.49. The molecular formula is C16H26N4O2. The van der Waals surface area contributed by atoms with E-state index in [0.717, 1.165) is 0 Å². The molecule has 0 aliphatic carbocycles. The van der Waals surface area contributed by atoms with Gasteiger partial charge < -0.3 is 10.2 Å². The molecule has 6 nitrogen and oxygen atoms in total. The third kappa shape index (κ3) is 6.65. The van der Waals surface area contributed by atoms with Crippen LogP contribution < -0.4 is 5.32 Å². The van der Waals surface area contributed by atoms with Gasteiger partial charge in [0, 0.05) is 38.4 Å². The fourth-order valence-electron chi connectivity index (χ4n) is 1.93. The van der Waals surface area contributed by atoms with Crippen LogP contribution in [-0.2, 0) is 4.79 Å². The van der Waals surface area contributed by atoms with Crippen LogP contribution in [0, 0.1) is 11.8 Å². The third-order valence-corrected chi connectivity index (χ3v) is 2.97. The van der Waals surface area contributed by atoms with Crippen LogP contribution in [0.15, 0.2) is 18.6 Å². The highest BCUT2D eigenvalue weighted by Crippen LogP contribution is 2.06. The van der Waals surface area contributed by atoms with Crippen molar-refractivity contribution in [3.63, 3.8) is 0 Å². The molecule has 0 saturated carbocycles. The summed E-state index contributed by atoms with van der Waals surface area (Å²) in [6.07, 6.45) is 4.78. The molecule has 0 aromatic carbocycles. The van der Waals surface area contributed by atoms with E-state index >= 15 is 0 Å². The molecule has 1 rings (SSSR count). The minimum Gasteiger partial charge on any atom is -0.356 e. The lowest BCUT2D eigenvalue weighted by molar-refractivity contribution is -0.121. The minimum atomic E-state index is -0.182. The first kappa shape index (κ1) is 18.1. The zero-order valence-electron chi connectivity index (χ0n) is 13.9. The summed E-state index contributed by atoms with van der Waals surface area (Å²) in [7, 11) is 0. The van der Waals surface area contributed by atoms with Crippen molar-refractivity contribution in [3.8, 4) is 0 Å². The average molecular weight is 306 g/mol. The second-order valence-electron chi connectivity index (χ2n) is 6.18. The largest absolute Gasteiger partial charge is 0.356 e. The third-order valence-electron chi connectivity index (χ3n) is 2.97. The lowest BCUT2D eigenvalue weighted by Gasteiger charge is -2.24. The van der Waals surface area contributed by atoms with Crippen molar-refractivity contribution in [1.29, 1.82) is 0 Å². The van der Waals surface area contributed by atoms with Gasteiger partial charge in [-0.15, -0.1) is 0 Å². The second kappa shape index (κ2) is 9.12. The Morgan fingerprint density at radius 2 is 1.91 bits per heavy atom. The van der Waals surface area contributed by atoms with Gasteiger partial charge in [0.05, 0.1) is 6.20 Å². The molecule has 2 amide bonds. The van der Waals surface area contributed by atoms with Gasteiger partial charge in [0.1, 0.15) is 5.69 Å². The summed E-state index contributed by atoms with van der Waals surface area (Å²) >= 11 is 0. The van der Waals surface area contributed by atoms with Gasteiger partial charge in [0.25, 0.3) is 5.91 Å². The molecule has 1 aromatic heterocycles. The first-order valence-electron chi connectivity index (χ1n) is 7.72. The molecular weight excluding hydrogens is 280 g/mol. The summed E-state index contributed by atoms with van der Waals surface area (Å²) in [5.41, 5.74) is 0.311. The monoisotopic (exact) mass is 306 g/mol. The molecule has 0 saturated heterocycles. The standard InChI is InChI=1S/C16H26N4O2/c1-12(2)9-19-15(21)5-8-20(11-13(3)4)16(22)14-10-17-6-7-18-14/h6-7,10,12-13H,5,8-9,11H2,1-4H3,(H,19,21). The van der Waals surface area contributed by atoms with E-state index in [1.54, 1.807) is 4.90 Å². The van der Waals surface area contributed by atoms with Gasteiger partial charge in [-0.3, -0.25) is 14.6 Å². The number of nitrogens with zero attached hydrogens (tertiary/aromatic N) is 3. The van der Waals surface area contributed by atoms with Gasteiger partial charge in [0.15, 0.2) is 0 Å². The van der Waals surface area contributed by atoms with Gasteiger partial charge in [0.2, 0.25) is 5.91 Å². The molecule has 0 bridgehead atoms. The number of aromatic nitrogens is 2. The zero-order valence-corrected chi connectivity index (χ0v) is 13.9. The Labute approximate surface area is 132 Å². The van der Waals surface area contributed by atoms with Gasteiger partial charge in [-0.05, 0) is 11.8 Å². The predicted molar refractivity (Wildman–Crippen MR) is 85.2 cm³/mol. The van der Waals surface area contributed by atoms with Crippen molar-refractivity contribution in [2.75, 3.05) is 19.6 Å². The molecule has 1 N–H and O–H groups in total. The maximum atomic E-state index is 12.5. The second-order valence-corrected chi connectivity index (χ2v) is 6.18. The summed E-state index contributed by atoms with van der Waals surface area (Å²) in [6.45, 7) is 9.79. The van der Waals surface area contributed by atoms with Crippen LogP contribution in [0.4, 0.5) is 0 Å². The van der Waals surface area contributed by atoms with E-state index in [2.05, 4.69) is 15.3 Å². The van der Waals surface area contributed by atoms with E-state index < -0.39 is 0 Å². The fraction of sp³-hybridized carbons (Fsp3) is 0.625. The van der Waals surface area contributed by atoms with Crippen LogP contribution in [0.3, 0.4) is 0 Å². The molecule has 0 atom stereocenters. The Morgan fingerprint density at radius 3 is 2.45 bits per heavy atom. The quantitative estimate of drug-likeness (QED) is 0.794. The number of hydrogen-bond acceptors (Lipinski definition) is 4. The lowest BCUT2D eigenvalue weighted by atomic mass is 10.2. The molecule has 0 aliphatic heterocycles. The average Bonchev–Trinajstić information content (AvgIpc) is 2.49. The predicted octanol–water partition coefficient (Wildman–Crippen LogP) is 1.74. The van der Waals surface area contributed by atoms with Gasteiger partial charge in [-0.1, -0.05) is 27.7 Å². The number of nitrogens with one attached hydrogen (secondary N) is 1. The number of carbonyl (C=O) groups is 2. The first-order valence-corrected chi connectivity index (χ1v) is 7.72. The summed E-state index contributed by atoms with van der Waals surface area (Å²) in [4.78, 5) is 33.9. The van der Waals surface area contributed by atoms with E-state index in [4.69, 9.17) is 0 Å². The van der Waals surface area contributed by atoms with Gasteiger partial charge in [-0.25, -0.2) is 4.98 Å². The number of amides is 2. The molecule has 0 aliphatic rings. The van der Waals surface area contributed by atoms with Crippen molar-refractivity contribution in [2.45, 2.75) is 34.1 Å². The Morgan fingerprint density at radius 1 is 1.18 bits per heavy atom. The van der Waals surface area contributed by atoms with Crippen LogP contribution in [0.5, 0.6) is 0 Å². The number of rotatable bonds is 8. The number of hydrogen-bond donors (Lipinski definition) is 1. The van der Waals surface area contributed by atoms with Crippen LogP contribution in [0.25, 0.3) is 0 Å². The summed E-state index contributed by atoms with van der Waals surface area (Å²) in [5, 5.41) is 2.86. The fourth-order valence-corrected chi connectivity index (χ4v) is 1.93. The molecule has 1 aromatic rings. The normalized spacial score (nSPS) is 10.8. The first-order chi connectivity index (χ1) is 10.4. The maximum absolute atomic E-state index is 12.5. The van der Waals surface area contributed by atoms with Crippen molar-refractivity contribution in [1.82, 2.24) is 20.2 Å². The highest BCUT2D eigenvalue weighted by Gasteiger charge is 2.19. The Hall–Kier alpha value is -1.98. The van der Waals surface area contributed by atoms with E-state index in [-0.39, 0.29) is 11.8 Å². The summed E-state index contributed by atoms with van der Waals surface area (Å²) in [5.74, 6) is 0.518. The van der Waals surface area contributed by atoms with Crippen LogP contribution in [0.2, 0.25) is 0 Å². The van der Waals surface area contributed by atoms with E-state index in [1.807, 2.05) is 27.7 Å². The Bertz CT molecular complexity index is 474. The minimum absolute atomic E-state index is 0.0330. The van der Waals surface area contributed by atoms with E-state index in [1.165, 1.54) is 18.6 Å². The molecule has 122 valence electrons. The highest BCUT2D eigenvalue weighted by molar-refractivity contribution is 5.92. The summed E-state index contributed by atoms with van der Waals surface area (Å²) < 4.78 is 0. The SMILES string of the molecule is CC(C)CNC(=O)CCN(CC(C)C)C(=O)c1cnccn1. The topological polar surface area (TPSA) is 75.2 Å². The molecule has 0 radical (unpaired) electrons. The maximum Gasteiger partial charge on any atom is 0.274 e. The van der Waals surface area contributed by atoms with Crippen molar-refractivity contribution in [3.05, 3.63) is 24.3 Å². The molecule has 6 heteroatoms. The molecule has 0 unspecified atom stereocenters. The lowest BCUT2D eigenvalue weighted by Crippen LogP contribution is -2.38. The van der Waals surface area contributed by atoms with E-state index in [0.29, 0.717) is 43.6 Å². The molecule has 22 heavy (non-hydrogen) atoms.